The monoisotopic (exact) mass is 438 g/mol. The van der Waals surface area contributed by atoms with E-state index < -0.39 is 21.8 Å². The average molecular weight is 439 g/mol. The molecule has 30 heavy (non-hydrogen) atoms. The first-order chi connectivity index (χ1) is 14.1. The second-order valence-corrected chi connectivity index (χ2v) is 9.32. The molecular weight excluding hydrogens is 413 g/mol. The van der Waals surface area contributed by atoms with E-state index in [0.29, 0.717) is 38.0 Å². The van der Waals surface area contributed by atoms with Crippen LogP contribution in [0.25, 0.3) is 6.08 Å². The minimum atomic E-state index is -4.36. The van der Waals surface area contributed by atoms with Crippen LogP contribution in [0.1, 0.15) is 29.5 Å². The maximum Gasteiger partial charge on any atom is 0.416 e. The van der Waals surface area contributed by atoms with Crippen LogP contribution in [0.2, 0.25) is 0 Å². The predicted octanol–water partition coefficient (Wildman–Crippen LogP) is 4.60. The first-order valence-electron chi connectivity index (χ1n) is 9.75. The molecule has 0 aromatic heterocycles. The molecule has 1 heterocycles. The number of halogens is 3. The van der Waals surface area contributed by atoms with Gasteiger partial charge in [0.15, 0.2) is 0 Å². The van der Waals surface area contributed by atoms with E-state index in [0.717, 1.165) is 11.6 Å². The minimum absolute atomic E-state index is 0.115. The van der Waals surface area contributed by atoms with Gasteiger partial charge in [0.05, 0.1) is 5.56 Å². The van der Waals surface area contributed by atoms with Crippen molar-refractivity contribution in [2.75, 3.05) is 20.1 Å². The van der Waals surface area contributed by atoms with Crippen LogP contribution < -0.4 is 0 Å². The lowest BCUT2D eigenvalue weighted by Crippen LogP contribution is -2.44. The van der Waals surface area contributed by atoms with Gasteiger partial charge in [0.1, 0.15) is 0 Å². The van der Waals surface area contributed by atoms with E-state index >= 15 is 0 Å². The number of nitrogens with zero attached hydrogens (tertiary/aromatic N) is 2. The van der Waals surface area contributed by atoms with Gasteiger partial charge in [-0.05, 0) is 43.2 Å². The molecule has 0 saturated carbocycles. The molecule has 1 aliphatic heterocycles. The van der Waals surface area contributed by atoms with Crippen LogP contribution in [0.4, 0.5) is 13.2 Å². The Morgan fingerprint density at radius 2 is 1.73 bits per heavy atom. The van der Waals surface area contributed by atoms with Gasteiger partial charge >= 0.3 is 6.18 Å². The maximum absolute atomic E-state index is 12.9. The van der Waals surface area contributed by atoms with Crippen molar-refractivity contribution in [1.29, 1.82) is 0 Å². The van der Waals surface area contributed by atoms with Crippen LogP contribution in [0.3, 0.4) is 0 Å². The first kappa shape index (κ1) is 22.5. The van der Waals surface area contributed by atoms with E-state index in [1.54, 1.807) is 12.1 Å². The number of benzene rings is 2. The molecule has 1 aliphatic rings. The number of hydrogen-bond acceptors (Lipinski definition) is 3. The van der Waals surface area contributed by atoms with Crippen molar-refractivity contribution in [3.63, 3.8) is 0 Å². The predicted molar refractivity (Wildman–Crippen MR) is 112 cm³/mol. The molecule has 2 aromatic carbocycles. The summed E-state index contributed by atoms with van der Waals surface area (Å²) >= 11 is 0. The van der Waals surface area contributed by atoms with E-state index in [9.17, 15) is 21.6 Å². The lowest BCUT2D eigenvalue weighted by molar-refractivity contribution is -0.137. The lowest BCUT2D eigenvalue weighted by atomic mass is 10.0. The Kier molecular flexibility index (Phi) is 7.00. The highest BCUT2D eigenvalue weighted by atomic mass is 32.2. The molecule has 2 aromatic rings. The molecule has 162 valence electrons. The summed E-state index contributed by atoms with van der Waals surface area (Å²) in [5.41, 5.74) is 0.754. The van der Waals surface area contributed by atoms with Gasteiger partial charge in [0.2, 0.25) is 10.0 Å². The van der Waals surface area contributed by atoms with Gasteiger partial charge in [-0.1, -0.05) is 48.5 Å². The van der Waals surface area contributed by atoms with Gasteiger partial charge < -0.3 is 0 Å². The highest BCUT2D eigenvalue weighted by Gasteiger charge is 2.31. The van der Waals surface area contributed by atoms with Crippen LogP contribution in [0, 0.1) is 0 Å². The molecule has 0 unspecified atom stereocenters. The topological polar surface area (TPSA) is 40.6 Å². The lowest BCUT2D eigenvalue weighted by Gasteiger charge is -2.35. The average Bonchev–Trinajstić information content (AvgIpc) is 2.73. The zero-order valence-electron chi connectivity index (χ0n) is 16.7. The second kappa shape index (κ2) is 9.32. The number of rotatable bonds is 6. The Morgan fingerprint density at radius 3 is 2.37 bits per heavy atom. The van der Waals surface area contributed by atoms with Gasteiger partial charge in [0.25, 0.3) is 0 Å². The Balaban J connectivity index is 1.56. The molecule has 0 spiro atoms. The van der Waals surface area contributed by atoms with Crippen molar-refractivity contribution in [3.05, 3.63) is 76.7 Å². The zero-order chi connectivity index (χ0) is 21.8. The molecule has 1 saturated heterocycles. The fourth-order valence-electron chi connectivity index (χ4n) is 3.62. The van der Waals surface area contributed by atoms with Crippen molar-refractivity contribution >= 4 is 16.1 Å². The van der Waals surface area contributed by atoms with Crippen molar-refractivity contribution in [1.82, 2.24) is 9.21 Å². The third-order valence-corrected chi connectivity index (χ3v) is 6.89. The van der Waals surface area contributed by atoms with Crippen molar-refractivity contribution in [2.24, 2.45) is 0 Å². The molecule has 8 heteroatoms. The summed E-state index contributed by atoms with van der Waals surface area (Å²) in [6.45, 7) is 1.16. The molecule has 1 fully saturated rings. The quantitative estimate of drug-likeness (QED) is 0.662. The molecule has 0 bridgehead atoms. The third-order valence-electron chi connectivity index (χ3n) is 5.33. The summed E-state index contributed by atoms with van der Waals surface area (Å²) in [5.74, 6) is 0. The van der Waals surface area contributed by atoms with Gasteiger partial charge in [-0.15, -0.1) is 0 Å². The second-order valence-electron chi connectivity index (χ2n) is 7.50. The summed E-state index contributed by atoms with van der Waals surface area (Å²) in [7, 11) is -1.64. The third kappa shape index (κ3) is 5.93. The van der Waals surface area contributed by atoms with E-state index in [1.165, 1.54) is 21.8 Å². The normalized spacial score (nSPS) is 17.1. The molecule has 0 radical (unpaired) electrons. The van der Waals surface area contributed by atoms with Crippen LogP contribution in [0.5, 0.6) is 0 Å². The van der Waals surface area contributed by atoms with Gasteiger partial charge in [-0.25, -0.2) is 8.42 Å². The Bertz CT molecular complexity index is 967. The highest BCUT2D eigenvalue weighted by Crippen LogP contribution is 2.30. The first-order valence-corrected chi connectivity index (χ1v) is 11.2. The largest absolute Gasteiger partial charge is 0.416 e. The molecule has 4 nitrogen and oxygen atoms in total. The minimum Gasteiger partial charge on any atom is -0.299 e. The van der Waals surface area contributed by atoms with Crippen LogP contribution in [-0.2, 0) is 22.7 Å². The summed E-state index contributed by atoms with van der Waals surface area (Å²) in [6, 6.07) is 14.7. The zero-order valence-corrected chi connectivity index (χ0v) is 17.5. The smallest absolute Gasteiger partial charge is 0.299 e. The number of piperidine rings is 1. The summed E-state index contributed by atoms with van der Waals surface area (Å²) < 4.78 is 65.3. The summed E-state index contributed by atoms with van der Waals surface area (Å²) in [6.07, 6.45) is -1.51. The van der Waals surface area contributed by atoms with E-state index in [2.05, 4.69) is 0 Å². The van der Waals surface area contributed by atoms with Crippen LogP contribution in [0.15, 0.2) is 60.0 Å². The van der Waals surface area contributed by atoms with E-state index in [4.69, 9.17) is 0 Å². The van der Waals surface area contributed by atoms with E-state index in [1.807, 2.05) is 42.3 Å². The Labute approximate surface area is 175 Å². The number of hydrogen-bond donors (Lipinski definition) is 0. The standard InChI is InChI=1S/C22H25F3N2O2S/c1-26(17-19-8-5-9-20(16-19)22(23,24)25)21-10-13-27(14-11-21)30(28,29)15-12-18-6-3-2-4-7-18/h2-9,12,15-16,21H,10-11,13-14,17H2,1H3/b15-12+. The fraction of sp³-hybridized carbons (Fsp3) is 0.364. The van der Waals surface area contributed by atoms with Crippen molar-refractivity contribution < 1.29 is 21.6 Å². The fourth-order valence-corrected chi connectivity index (χ4v) is 4.84. The summed E-state index contributed by atoms with van der Waals surface area (Å²) in [5, 5.41) is 1.23. The van der Waals surface area contributed by atoms with Gasteiger partial charge in [-0.2, -0.15) is 17.5 Å². The molecule has 3 rings (SSSR count). The molecule has 0 N–H and O–H groups in total. The molecule has 0 amide bonds. The number of alkyl halides is 3. The van der Waals surface area contributed by atoms with E-state index in [-0.39, 0.29) is 6.04 Å². The summed E-state index contributed by atoms with van der Waals surface area (Å²) in [4.78, 5) is 2.00. The Morgan fingerprint density at radius 1 is 1.07 bits per heavy atom. The number of sulfonamides is 1. The van der Waals surface area contributed by atoms with Crippen LogP contribution in [-0.4, -0.2) is 43.8 Å². The highest BCUT2D eigenvalue weighted by molar-refractivity contribution is 7.92. The Hall–Kier alpha value is -2.16. The molecule has 0 atom stereocenters. The van der Waals surface area contributed by atoms with Gasteiger partial charge in [-0.3, -0.25) is 4.90 Å². The van der Waals surface area contributed by atoms with Crippen LogP contribution >= 0.6 is 0 Å². The van der Waals surface area contributed by atoms with Crippen molar-refractivity contribution in [3.8, 4) is 0 Å². The van der Waals surface area contributed by atoms with Gasteiger partial charge in [0, 0.05) is 31.1 Å². The van der Waals surface area contributed by atoms with Crippen molar-refractivity contribution in [2.45, 2.75) is 31.6 Å². The maximum atomic E-state index is 12.9. The molecule has 0 aliphatic carbocycles. The molecular formula is C22H25F3N2O2S. The SMILES string of the molecule is CN(Cc1cccc(C(F)(F)F)c1)C1CCN(S(=O)(=O)/C=C/c2ccccc2)CC1.